The van der Waals surface area contributed by atoms with Gasteiger partial charge in [0.15, 0.2) is 5.58 Å². The molecule has 0 unspecified atom stereocenters. The van der Waals surface area contributed by atoms with Gasteiger partial charge in [-0.1, -0.05) is 16.8 Å². The van der Waals surface area contributed by atoms with Crippen LogP contribution in [0.5, 0.6) is 0 Å². The maximum atomic E-state index is 13.1. The van der Waals surface area contributed by atoms with Crippen molar-refractivity contribution in [2.24, 2.45) is 0 Å². The summed E-state index contributed by atoms with van der Waals surface area (Å²) in [5.41, 5.74) is 1.54. The predicted octanol–water partition coefficient (Wildman–Crippen LogP) is 4.41. The zero-order valence-electron chi connectivity index (χ0n) is 13.4. The van der Waals surface area contributed by atoms with Crippen molar-refractivity contribution in [1.29, 1.82) is 0 Å². The standard InChI is InChI=1S/C16H12ClN3O4S2/c1-2-20(16-18-12-9-10(17)3-4-13(12)24-16)26(21,22)15-6-5-14(25-15)11-7-8-23-19-11/h3-9H,2H2,1H3. The number of hydrogen-bond donors (Lipinski definition) is 0. The average Bonchev–Trinajstić information content (AvgIpc) is 3.34. The zero-order valence-corrected chi connectivity index (χ0v) is 15.8. The molecule has 3 aromatic heterocycles. The fraction of sp³-hybridized carbons (Fsp3) is 0.125. The van der Waals surface area contributed by atoms with E-state index in [9.17, 15) is 8.42 Å². The van der Waals surface area contributed by atoms with Crippen molar-refractivity contribution >= 4 is 50.1 Å². The number of aromatic nitrogens is 2. The van der Waals surface area contributed by atoms with Gasteiger partial charge in [0.25, 0.3) is 10.0 Å². The fourth-order valence-electron chi connectivity index (χ4n) is 2.45. The molecule has 0 aliphatic carbocycles. The fourth-order valence-corrected chi connectivity index (χ4v) is 5.35. The first kappa shape index (κ1) is 17.1. The summed E-state index contributed by atoms with van der Waals surface area (Å²) in [6.45, 7) is 1.88. The molecule has 0 fully saturated rings. The number of sulfonamides is 1. The summed E-state index contributed by atoms with van der Waals surface area (Å²) < 4.78 is 37.8. The van der Waals surface area contributed by atoms with Gasteiger partial charge in [0.2, 0.25) is 0 Å². The van der Waals surface area contributed by atoms with Crippen LogP contribution in [0.15, 0.2) is 55.8 Å². The number of oxazole rings is 1. The Bertz CT molecular complexity index is 1170. The first-order valence-corrected chi connectivity index (χ1v) is 10.2. The molecule has 134 valence electrons. The Morgan fingerprint density at radius 1 is 1.23 bits per heavy atom. The molecule has 0 aliphatic heterocycles. The normalized spacial score (nSPS) is 11.9. The molecule has 0 saturated heterocycles. The number of hydrogen-bond acceptors (Lipinski definition) is 7. The highest BCUT2D eigenvalue weighted by atomic mass is 35.5. The molecule has 0 aliphatic rings. The smallest absolute Gasteiger partial charge is 0.312 e. The van der Waals surface area contributed by atoms with Gasteiger partial charge in [-0.25, -0.2) is 12.7 Å². The number of anilines is 1. The summed E-state index contributed by atoms with van der Waals surface area (Å²) in [6.07, 6.45) is 1.44. The van der Waals surface area contributed by atoms with E-state index in [0.29, 0.717) is 26.7 Å². The van der Waals surface area contributed by atoms with Gasteiger partial charge in [-0.3, -0.25) is 0 Å². The second-order valence-corrected chi connectivity index (χ2v) is 8.89. The molecule has 0 spiro atoms. The largest absolute Gasteiger partial charge is 0.423 e. The molecular weight excluding hydrogens is 398 g/mol. The molecule has 10 heteroatoms. The molecule has 1 aromatic carbocycles. The quantitative estimate of drug-likeness (QED) is 0.485. The number of benzene rings is 1. The van der Waals surface area contributed by atoms with Gasteiger partial charge < -0.3 is 8.94 Å². The minimum absolute atomic E-state index is 0.00107. The highest BCUT2D eigenvalue weighted by Crippen LogP contribution is 2.34. The summed E-state index contributed by atoms with van der Waals surface area (Å²) in [7, 11) is -3.83. The van der Waals surface area contributed by atoms with Crippen LogP contribution in [0.1, 0.15) is 6.92 Å². The molecule has 0 bridgehead atoms. The number of nitrogens with zero attached hydrogens (tertiary/aromatic N) is 3. The molecule has 0 radical (unpaired) electrons. The van der Waals surface area contributed by atoms with Crippen LogP contribution >= 0.6 is 22.9 Å². The average molecular weight is 410 g/mol. The van der Waals surface area contributed by atoms with Gasteiger partial charge in [-0.05, 0) is 37.3 Å². The van der Waals surface area contributed by atoms with E-state index in [0.717, 1.165) is 15.6 Å². The highest BCUT2D eigenvalue weighted by molar-refractivity contribution is 7.94. The van der Waals surface area contributed by atoms with E-state index in [1.807, 2.05) is 0 Å². The molecule has 3 heterocycles. The molecular formula is C16H12ClN3O4S2. The monoisotopic (exact) mass is 409 g/mol. The lowest BCUT2D eigenvalue weighted by atomic mass is 10.3. The van der Waals surface area contributed by atoms with E-state index in [-0.39, 0.29) is 16.8 Å². The van der Waals surface area contributed by atoms with Gasteiger partial charge in [0, 0.05) is 17.6 Å². The summed E-state index contributed by atoms with van der Waals surface area (Å²) >= 11 is 7.06. The second kappa shape index (κ2) is 6.42. The Labute approximate surface area is 157 Å². The third-order valence-corrected chi connectivity index (χ3v) is 7.31. The lowest BCUT2D eigenvalue weighted by molar-refractivity contribution is 0.422. The van der Waals surface area contributed by atoms with Crippen LogP contribution in [-0.4, -0.2) is 25.1 Å². The van der Waals surface area contributed by atoms with Crippen LogP contribution in [0.2, 0.25) is 5.02 Å². The SMILES string of the molecule is CCN(c1nc2cc(Cl)ccc2o1)S(=O)(=O)c1ccc(-c2ccon2)s1. The summed E-state index contributed by atoms with van der Waals surface area (Å²) in [6, 6.07) is 9.83. The lowest BCUT2D eigenvalue weighted by Crippen LogP contribution is -2.30. The number of thiophene rings is 1. The van der Waals surface area contributed by atoms with Gasteiger partial charge in [0.1, 0.15) is 21.7 Å². The van der Waals surface area contributed by atoms with E-state index >= 15 is 0 Å². The molecule has 0 amide bonds. The van der Waals surface area contributed by atoms with Crippen molar-refractivity contribution in [1.82, 2.24) is 10.1 Å². The number of fused-ring (bicyclic) bond motifs is 1. The van der Waals surface area contributed by atoms with E-state index in [4.69, 9.17) is 20.5 Å². The Hall–Kier alpha value is -2.36. The van der Waals surface area contributed by atoms with E-state index in [2.05, 4.69) is 10.1 Å². The molecule has 4 rings (SSSR count). The molecule has 4 aromatic rings. The Balaban J connectivity index is 1.74. The van der Waals surface area contributed by atoms with Crippen LogP contribution in [0.25, 0.3) is 21.7 Å². The summed E-state index contributed by atoms with van der Waals surface area (Å²) in [5.74, 6) is 0. The predicted molar refractivity (Wildman–Crippen MR) is 99.0 cm³/mol. The van der Waals surface area contributed by atoms with Crippen LogP contribution in [0, 0.1) is 0 Å². The lowest BCUT2D eigenvalue weighted by Gasteiger charge is -2.17. The van der Waals surface area contributed by atoms with Crippen molar-refractivity contribution in [3.8, 4) is 10.6 Å². The van der Waals surface area contributed by atoms with Crippen molar-refractivity contribution in [2.75, 3.05) is 10.8 Å². The first-order chi connectivity index (χ1) is 12.5. The highest BCUT2D eigenvalue weighted by Gasteiger charge is 2.29. The van der Waals surface area contributed by atoms with Gasteiger partial charge in [-0.15, -0.1) is 11.3 Å². The molecule has 0 atom stereocenters. The summed E-state index contributed by atoms with van der Waals surface area (Å²) in [5, 5.41) is 4.32. The van der Waals surface area contributed by atoms with Crippen LogP contribution in [0.3, 0.4) is 0 Å². The number of halogens is 1. The van der Waals surface area contributed by atoms with Gasteiger partial charge >= 0.3 is 6.01 Å². The topological polar surface area (TPSA) is 89.4 Å². The van der Waals surface area contributed by atoms with Gasteiger partial charge in [0.05, 0.1) is 4.88 Å². The van der Waals surface area contributed by atoms with E-state index in [1.54, 1.807) is 37.3 Å². The minimum Gasteiger partial charge on any atom is -0.423 e. The minimum atomic E-state index is -3.83. The Morgan fingerprint density at radius 2 is 2.08 bits per heavy atom. The first-order valence-electron chi connectivity index (χ1n) is 7.58. The zero-order chi connectivity index (χ0) is 18.3. The maximum absolute atomic E-state index is 13.1. The Kier molecular flexibility index (Phi) is 4.22. The maximum Gasteiger partial charge on any atom is 0.312 e. The van der Waals surface area contributed by atoms with Crippen LogP contribution < -0.4 is 4.31 Å². The van der Waals surface area contributed by atoms with Crippen molar-refractivity contribution in [3.63, 3.8) is 0 Å². The van der Waals surface area contributed by atoms with Gasteiger partial charge in [-0.2, -0.15) is 4.98 Å². The van der Waals surface area contributed by atoms with Crippen LogP contribution in [0.4, 0.5) is 6.01 Å². The third kappa shape index (κ3) is 2.87. The molecule has 7 nitrogen and oxygen atoms in total. The summed E-state index contributed by atoms with van der Waals surface area (Å²) in [4.78, 5) is 4.96. The van der Waals surface area contributed by atoms with Crippen molar-refractivity contribution in [3.05, 3.63) is 47.7 Å². The molecule has 0 N–H and O–H groups in total. The molecule has 0 saturated carbocycles. The van der Waals surface area contributed by atoms with E-state index < -0.39 is 10.0 Å². The van der Waals surface area contributed by atoms with E-state index in [1.165, 1.54) is 12.3 Å². The Morgan fingerprint density at radius 3 is 2.81 bits per heavy atom. The molecule has 26 heavy (non-hydrogen) atoms. The number of rotatable bonds is 5. The van der Waals surface area contributed by atoms with Crippen LogP contribution in [-0.2, 0) is 10.0 Å². The van der Waals surface area contributed by atoms with Crippen molar-refractivity contribution in [2.45, 2.75) is 11.1 Å². The second-order valence-electron chi connectivity index (χ2n) is 5.28. The van der Waals surface area contributed by atoms with Crippen molar-refractivity contribution < 1.29 is 17.4 Å². The third-order valence-electron chi connectivity index (χ3n) is 3.65.